The van der Waals surface area contributed by atoms with Gasteiger partial charge in [-0.2, -0.15) is 0 Å². The van der Waals surface area contributed by atoms with Gasteiger partial charge < -0.3 is 10.0 Å². The van der Waals surface area contributed by atoms with Crippen LogP contribution < -0.4 is 0 Å². The third-order valence-corrected chi connectivity index (χ3v) is 3.47. The zero-order valence-corrected chi connectivity index (χ0v) is 9.87. The molecule has 0 bridgehead atoms. The average Bonchev–Trinajstić information content (AvgIpc) is 2.18. The smallest absolute Gasteiger partial charge is 0.0695 e. The van der Waals surface area contributed by atoms with Gasteiger partial charge in [-0.3, -0.25) is 0 Å². The van der Waals surface area contributed by atoms with Gasteiger partial charge in [0.15, 0.2) is 0 Å². The molecule has 2 heteroatoms. The Morgan fingerprint density at radius 1 is 1.36 bits per heavy atom. The fourth-order valence-electron chi connectivity index (χ4n) is 2.38. The molecule has 0 heterocycles. The van der Waals surface area contributed by atoms with Gasteiger partial charge in [0.1, 0.15) is 0 Å². The van der Waals surface area contributed by atoms with E-state index >= 15 is 0 Å². The molecule has 2 nitrogen and oxygen atoms in total. The van der Waals surface area contributed by atoms with Gasteiger partial charge in [0.05, 0.1) is 6.10 Å². The van der Waals surface area contributed by atoms with Crippen molar-refractivity contribution in [1.29, 1.82) is 0 Å². The van der Waals surface area contributed by atoms with Gasteiger partial charge >= 0.3 is 0 Å². The molecule has 84 valence electrons. The molecule has 0 amide bonds. The molecule has 1 aliphatic carbocycles. The predicted octanol–water partition coefficient (Wildman–Crippen LogP) is 2.27. The number of likely N-dealkylation sites (N-methyl/N-ethyl adjacent to an activating group) is 1. The summed E-state index contributed by atoms with van der Waals surface area (Å²) in [4.78, 5) is 2.35. The van der Waals surface area contributed by atoms with Crippen LogP contribution in [0.5, 0.6) is 0 Å². The van der Waals surface area contributed by atoms with Gasteiger partial charge in [-0.1, -0.05) is 20.3 Å². The van der Waals surface area contributed by atoms with Gasteiger partial charge in [-0.05, 0) is 45.2 Å². The lowest BCUT2D eigenvalue weighted by atomic mass is 9.84. The van der Waals surface area contributed by atoms with Crippen LogP contribution in [0.1, 0.15) is 46.0 Å². The van der Waals surface area contributed by atoms with Crippen molar-refractivity contribution in [3.05, 3.63) is 0 Å². The topological polar surface area (TPSA) is 23.5 Å². The van der Waals surface area contributed by atoms with Gasteiger partial charge in [0, 0.05) is 6.04 Å². The first-order valence-electron chi connectivity index (χ1n) is 6.03. The second-order valence-corrected chi connectivity index (χ2v) is 4.89. The minimum Gasteiger partial charge on any atom is -0.391 e. The van der Waals surface area contributed by atoms with Crippen LogP contribution >= 0.6 is 0 Å². The average molecular weight is 199 g/mol. The van der Waals surface area contributed by atoms with E-state index in [9.17, 15) is 5.11 Å². The maximum absolute atomic E-state index is 9.91. The Morgan fingerprint density at radius 2 is 2.07 bits per heavy atom. The van der Waals surface area contributed by atoms with Crippen molar-refractivity contribution in [3.63, 3.8) is 0 Å². The van der Waals surface area contributed by atoms with Gasteiger partial charge in [-0.25, -0.2) is 0 Å². The number of hydrogen-bond acceptors (Lipinski definition) is 2. The van der Waals surface area contributed by atoms with E-state index in [1.54, 1.807) is 0 Å². The molecule has 3 unspecified atom stereocenters. The Balaban J connectivity index is 2.38. The highest BCUT2D eigenvalue weighted by Crippen LogP contribution is 2.27. The van der Waals surface area contributed by atoms with Crippen LogP contribution in [0.2, 0.25) is 0 Å². The lowest BCUT2D eigenvalue weighted by Gasteiger charge is -2.37. The van der Waals surface area contributed by atoms with Crippen LogP contribution in [-0.4, -0.2) is 35.7 Å². The summed E-state index contributed by atoms with van der Waals surface area (Å²) < 4.78 is 0. The Labute approximate surface area is 88.3 Å². The van der Waals surface area contributed by atoms with Crippen LogP contribution in [0.25, 0.3) is 0 Å². The molecule has 1 N–H and O–H groups in total. The number of hydrogen-bond donors (Lipinski definition) is 1. The number of rotatable bonds is 4. The van der Waals surface area contributed by atoms with E-state index < -0.39 is 0 Å². The minimum atomic E-state index is -0.0898. The monoisotopic (exact) mass is 199 g/mol. The largest absolute Gasteiger partial charge is 0.391 e. The van der Waals surface area contributed by atoms with Crippen LogP contribution in [0, 0.1) is 5.92 Å². The molecule has 0 radical (unpaired) electrons. The molecule has 1 aliphatic rings. The Bertz CT molecular complexity index is 160. The molecule has 0 aliphatic heterocycles. The van der Waals surface area contributed by atoms with E-state index in [0.717, 1.165) is 18.9 Å². The van der Waals surface area contributed by atoms with Gasteiger partial charge in [0.2, 0.25) is 0 Å². The minimum absolute atomic E-state index is 0.0898. The maximum atomic E-state index is 9.91. The Kier molecular flexibility index (Phi) is 4.90. The molecular formula is C12H25NO. The molecule has 0 aromatic carbocycles. The van der Waals surface area contributed by atoms with E-state index in [1.807, 2.05) is 0 Å². The van der Waals surface area contributed by atoms with Crippen molar-refractivity contribution in [2.24, 2.45) is 5.92 Å². The molecule has 1 saturated carbocycles. The van der Waals surface area contributed by atoms with Crippen molar-refractivity contribution in [1.82, 2.24) is 4.90 Å². The summed E-state index contributed by atoms with van der Waals surface area (Å²) in [5.74, 6) is 0.785. The highest BCUT2D eigenvalue weighted by atomic mass is 16.3. The summed E-state index contributed by atoms with van der Waals surface area (Å²) in [7, 11) is 2.15. The number of unbranched alkanes of at least 4 members (excludes halogenated alkanes) is 1. The molecule has 0 aromatic heterocycles. The number of aliphatic hydroxyl groups is 1. The van der Waals surface area contributed by atoms with E-state index in [2.05, 4.69) is 25.8 Å². The van der Waals surface area contributed by atoms with Crippen LogP contribution in [0.15, 0.2) is 0 Å². The second-order valence-electron chi connectivity index (χ2n) is 4.89. The van der Waals surface area contributed by atoms with Gasteiger partial charge in [0.25, 0.3) is 0 Å². The second kappa shape index (κ2) is 5.72. The highest BCUT2D eigenvalue weighted by Gasteiger charge is 2.29. The third-order valence-electron chi connectivity index (χ3n) is 3.47. The van der Waals surface area contributed by atoms with Crippen molar-refractivity contribution in [3.8, 4) is 0 Å². The summed E-state index contributed by atoms with van der Waals surface area (Å²) in [5, 5.41) is 9.91. The van der Waals surface area contributed by atoms with E-state index in [0.29, 0.717) is 6.04 Å². The SMILES string of the molecule is CCCCN(C)C1CC(C)CCC1O. The summed E-state index contributed by atoms with van der Waals surface area (Å²) in [5.41, 5.74) is 0. The van der Waals surface area contributed by atoms with Crippen LogP contribution in [0.3, 0.4) is 0 Å². The lowest BCUT2D eigenvalue weighted by Crippen LogP contribution is -2.45. The van der Waals surface area contributed by atoms with Crippen LogP contribution in [-0.2, 0) is 0 Å². The Hall–Kier alpha value is -0.0800. The van der Waals surface area contributed by atoms with E-state index in [1.165, 1.54) is 25.7 Å². The fourth-order valence-corrected chi connectivity index (χ4v) is 2.38. The standard InChI is InChI=1S/C12H25NO/c1-4-5-8-13(3)11-9-10(2)6-7-12(11)14/h10-12,14H,4-9H2,1-3H3. The molecule has 0 aromatic rings. The first-order chi connectivity index (χ1) is 6.65. The highest BCUT2D eigenvalue weighted by molar-refractivity contribution is 4.84. The maximum Gasteiger partial charge on any atom is 0.0695 e. The van der Waals surface area contributed by atoms with Crippen LogP contribution in [0.4, 0.5) is 0 Å². The molecule has 1 rings (SSSR count). The summed E-state index contributed by atoms with van der Waals surface area (Å²) in [6, 6.07) is 0.408. The fraction of sp³-hybridized carbons (Fsp3) is 1.00. The molecule has 0 saturated heterocycles. The van der Waals surface area contributed by atoms with E-state index in [4.69, 9.17) is 0 Å². The van der Waals surface area contributed by atoms with E-state index in [-0.39, 0.29) is 6.10 Å². The summed E-state index contributed by atoms with van der Waals surface area (Å²) in [6.45, 7) is 5.64. The Morgan fingerprint density at radius 3 is 2.71 bits per heavy atom. The normalized spacial score (nSPS) is 33.6. The lowest BCUT2D eigenvalue weighted by molar-refractivity contribution is 0.0168. The number of nitrogens with zero attached hydrogens (tertiary/aromatic N) is 1. The molecule has 1 fully saturated rings. The van der Waals surface area contributed by atoms with Crippen molar-refractivity contribution in [2.45, 2.75) is 58.1 Å². The predicted molar refractivity (Wildman–Crippen MR) is 60.3 cm³/mol. The molecular weight excluding hydrogens is 174 g/mol. The quantitative estimate of drug-likeness (QED) is 0.751. The third kappa shape index (κ3) is 3.25. The van der Waals surface area contributed by atoms with Crippen molar-refractivity contribution in [2.75, 3.05) is 13.6 Å². The molecule has 3 atom stereocenters. The van der Waals surface area contributed by atoms with Gasteiger partial charge in [-0.15, -0.1) is 0 Å². The van der Waals surface area contributed by atoms with Crippen molar-refractivity contribution < 1.29 is 5.11 Å². The first-order valence-corrected chi connectivity index (χ1v) is 6.03. The number of aliphatic hydroxyl groups excluding tert-OH is 1. The molecule has 14 heavy (non-hydrogen) atoms. The summed E-state index contributed by atoms with van der Waals surface area (Å²) in [6.07, 6.45) is 5.74. The molecule has 0 spiro atoms. The van der Waals surface area contributed by atoms with Crippen molar-refractivity contribution >= 4 is 0 Å². The zero-order chi connectivity index (χ0) is 10.6. The first kappa shape index (κ1) is 12.0. The summed E-state index contributed by atoms with van der Waals surface area (Å²) >= 11 is 0. The zero-order valence-electron chi connectivity index (χ0n) is 9.87.